The molecule has 20 heavy (non-hydrogen) atoms. The zero-order valence-electron chi connectivity index (χ0n) is 11.4. The Hall–Kier alpha value is -2.07. The van der Waals surface area contributed by atoms with E-state index in [1.165, 1.54) is 29.2 Å². The van der Waals surface area contributed by atoms with Crippen molar-refractivity contribution in [3.8, 4) is 6.07 Å². The average molecular weight is 259 g/mol. The molecule has 5 rings (SSSR count). The first-order chi connectivity index (χ1) is 9.86. The van der Waals surface area contributed by atoms with Crippen LogP contribution in [0.4, 0.5) is 0 Å². The molecule has 0 heterocycles. The van der Waals surface area contributed by atoms with Crippen LogP contribution < -0.4 is 0 Å². The van der Waals surface area contributed by atoms with E-state index < -0.39 is 0 Å². The third-order valence-electron chi connectivity index (χ3n) is 5.06. The number of allylic oxidation sites excluding steroid dienone is 2. The molecular formula is C19H17N. The van der Waals surface area contributed by atoms with Gasteiger partial charge < -0.3 is 0 Å². The number of nitrogens with zero attached hydrogens (tertiary/aromatic N) is 1. The second-order valence-corrected chi connectivity index (χ2v) is 6.08. The van der Waals surface area contributed by atoms with Crippen LogP contribution in [0, 0.1) is 29.1 Å². The largest absolute Gasteiger partial charge is 0.198 e. The smallest absolute Gasteiger partial charge is 0.0668 e. The molecule has 2 aromatic carbocycles. The summed E-state index contributed by atoms with van der Waals surface area (Å²) in [5, 5.41) is 12.1. The summed E-state index contributed by atoms with van der Waals surface area (Å²) >= 11 is 0. The Morgan fingerprint density at radius 2 is 1.65 bits per heavy atom. The third-order valence-corrected chi connectivity index (χ3v) is 5.06. The number of fused-ring (bicyclic) bond motifs is 3. The summed E-state index contributed by atoms with van der Waals surface area (Å²) in [6.07, 6.45) is 7.04. The van der Waals surface area contributed by atoms with Gasteiger partial charge in [-0.15, -0.1) is 0 Å². The molecule has 1 heteroatoms. The predicted molar refractivity (Wildman–Crippen MR) is 81.1 cm³/mol. The lowest BCUT2D eigenvalue weighted by atomic mass is 9.61. The number of benzene rings is 2. The maximum Gasteiger partial charge on any atom is 0.0668 e. The zero-order valence-corrected chi connectivity index (χ0v) is 11.4. The van der Waals surface area contributed by atoms with E-state index in [1.54, 1.807) is 0 Å². The van der Waals surface area contributed by atoms with Crippen molar-refractivity contribution in [1.82, 2.24) is 0 Å². The first-order valence-electron chi connectivity index (χ1n) is 7.43. The van der Waals surface area contributed by atoms with Gasteiger partial charge in [0.1, 0.15) is 0 Å². The summed E-state index contributed by atoms with van der Waals surface area (Å²) in [5.74, 6) is 1.54. The molecule has 2 aromatic rings. The monoisotopic (exact) mass is 259 g/mol. The van der Waals surface area contributed by atoms with Crippen LogP contribution in [0.5, 0.6) is 0 Å². The number of hydrogen-bond acceptors (Lipinski definition) is 1. The van der Waals surface area contributed by atoms with Gasteiger partial charge in [-0.2, -0.15) is 5.26 Å². The molecule has 4 atom stereocenters. The van der Waals surface area contributed by atoms with Gasteiger partial charge >= 0.3 is 0 Å². The van der Waals surface area contributed by atoms with E-state index in [4.69, 9.17) is 0 Å². The van der Waals surface area contributed by atoms with E-state index in [9.17, 15) is 5.26 Å². The molecule has 98 valence electrons. The van der Waals surface area contributed by atoms with Crippen molar-refractivity contribution in [3.63, 3.8) is 0 Å². The van der Waals surface area contributed by atoms with Gasteiger partial charge in [0.05, 0.1) is 12.0 Å². The van der Waals surface area contributed by atoms with Crippen LogP contribution in [0.25, 0.3) is 10.8 Å². The van der Waals surface area contributed by atoms with Gasteiger partial charge in [0.25, 0.3) is 0 Å². The molecule has 0 aromatic heterocycles. The Labute approximate surface area is 119 Å². The molecule has 0 N–H and O–H groups in total. The van der Waals surface area contributed by atoms with Crippen molar-refractivity contribution in [2.75, 3.05) is 0 Å². The lowest BCUT2D eigenvalue weighted by Crippen LogP contribution is -2.34. The SMILES string of the molecule is N#C[C@H]1C(c2ccc3ccccc3c2)C2C=C[C@H]1CC2. The minimum absolute atomic E-state index is 0.153. The standard InChI is InChI=1S/C19H17N/c20-12-18-14-6-8-15(9-7-14)19(18)17-10-5-13-3-1-2-4-16(13)11-17/h1-6,8,10-11,14-15,18-19H,7,9H2/t14-,15?,18+,19?/m0/s1. The van der Waals surface area contributed by atoms with E-state index in [-0.39, 0.29) is 5.92 Å². The quantitative estimate of drug-likeness (QED) is 0.683. The van der Waals surface area contributed by atoms with Gasteiger partial charge in [0.2, 0.25) is 0 Å². The van der Waals surface area contributed by atoms with Gasteiger partial charge in [-0.25, -0.2) is 0 Å². The maximum atomic E-state index is 9.57. The van der Waals surface area contributed by atoms with Gasteiger partial charge in [0, 0.05) is 5.92 Å². The third kappa shape index (κ3) is 1.68. The molecule has 3 aliphatic rings. The zero-order chi connectivity index (χ0) is 13.5. The van der Waals surface area contributed by atoms with Gasteiger partial charge in [-0.1, -0.05) is 54.6 Å². The summed E-state index contributed by atoms with van der Waals surface area (Å²) in [4.78, 5) is 0. The number of rotatable bonds is 1. The van der Waals surface area contributed by atoms with E-state index >= 15 is 0 Å². The van der Waals surface area contributed by atoms with Crippen LogP contribution in [0.15, 0.2) is 54.6 Å². The Balaban J connectivity index is 1.82. The second-order valence-electron chi connectivity index (χ2n) is 6.08. The highest BCUT2D eigenvalue weighted by Crippen LogP contribution is 2.49. The predicted octanol–water partition coefficient (Wildman–Crippen LogP) is 4.66. The molecule has 2 bridgehead atoms. The minimum Gasteiger partial charge on any atom is -0.198 e. The fourth-order valence-corrected chi connectivity index (χ4v) is 4.04. The Morgan fingerprint density at radius 3 is 2.40 bits per heavy atom. The Bertz CT molecular complexity index is 722. The normalized spacial score (nSPS) is 31.4. The number of nitriles is 1. The highest BCUT2D eigenvalue weighted by atomic mass is 14.5. The highest BCUT2D eigenvalue weighted by Gasteiger charge is 2.41. The molecule has 0 spiro atoms. The average Bonchev–Trinajstić information content (AvgIpc) is 2.54. The fraction of sp³-hybridized carbons (Fsp3) is 0.316. The van der Waals surface area contributed by atoms with E-state index in [1.807, 2.05) is 0 Å². The molecule has 0 aliphatic heterocycles. The molecule has 0 amide bonds. The lowest BCUT2D eigenvalue weighted by Gasteiger charge is -2.42. The van der Waals surface area contributed by atoms with E-state index in [2.05, 4.69) is 60.7 Å². The van der Waals surface area contributed by atoms with Crippen molar-refractivity contribution < 1.29 is 0 Å². The minimum atomic E-state index is 0.153. The molecule has 1 fully saturated rings. The number of hydrogen-bond donors (Lipinski definition) is 0. The van der Waals surface area contributed by atoms with E-state index in [0.29, 0.717) is 17.8 Å². The van der Waals surface area contributed by atoms with Crippen LogP contribution >= 0.6 is 0 Å². The van der Waals surface area contributed by atoms with Crippen molar-refractivity contribution in [1.29, 1.82) is 5.26 Å². The van der Waals surface area contributed by atoms with Crippen LogP contribution in [-0.4, -0.2) is 0 Å². The summed E-state index contributed by atoms with van der Waals surface area (Å²) in [5.41, 5.74) is 1.34. The molecule has 0 saturated heterocycles. The van der Waals surface area contributed by atoms with Gasteiger partial charge in [0.15, 0.2) is 0 Å². The molecule has 3 aliphatic carbocycles. The highest BCUT2D eigenvalue weighted by molar-refractivity contribution is 5.83. The topological polar surface area (TPSA) is 23.8 Å². The summed E-state index contributed by atoms with van der Waals surface area (Å²) < 4.78 is 0. The molecule has 1 nitrogen and oxygen atoms in total. The van der Waals surface area contributed by atoms with Crippen LogP contribution in [-0.2, 0) is 0 Å². The van der Waals surface area contributed by atoms with Crippen LogP contribution in [0.3, 0.4) is 0 Å². The van der Waals surface area contributed by atoms with Crippen molar-refractivity contribution in [3.05, 3.63) is 60.2 Å². The summed E-state index contributed by atoms with van der Waals surface area (Å²) in [7, 11) is 0. The fourth-order valence-electron chi connectivity index (χ4n) is 4.04. The maximum absolute atomic E-state index is 9.57. The Kier molecular flexibility index (Phi) is 2.63. The first-order valence-corrected chi connectivity index (χ1v) is 7.43. The molecule has 2 unspecified atom stereocenters. The summed E-state index contributed by atoms with van der Waals surface area (Å²) in [6, 6.07) is 17.8. The summed E-state index contributed by atoms with van der Waals surface area (Å²) in [6.45, 7) is 0. The second kappa shape index (κ2) is 4.49. The lowest BCUT2D eigenvalue weighted by molar-refractivity contribution is 0.225. The van der Waals surface area contributed by atoms with Crippen molar-refractivity contribution in [2.45, 2.75) is 18.8 Å². The van der Waals surface area contributed by atoms with Crippen molar-refractivity contribution >= 4 is 10.8 Å². The van der Waals surface area contributed by atoms with Crippen LogP contribution in [0.1, 0.15) is 24.3 Å². The molecular weight excluding hydrogens is 242 g/mol. The van der Waals surface area contributed by atoms with E-state index in [0.717, 1.165) is 0 Å². The van der Waals surface area contributed by atoms with Crippen LogP contribution in [0.2, 0.25) is 0 Å². The molecule has 0 radical (unpaired) electrons. The Morgan fingerprint density at radius 1 is 0.900 bits per heavy atom. The van der Waals surface area contributed by atoms with Crippen molar-refractivity contribution in [2.24, 2.45) is 17.8 Å². The van der Waals surface area contributed by atoms with Gasteiger partial charge in [-0.05, 0) is 41.0 Å². The first kappa shape index (κ1) is 11.7. The van der Waals surface area contributed by atoms with Gasteiger partial charge in [-0.3, -0.25) is 0 Å². The molecule has 1 saturated carbocycles.